The van der Waals surface area contributed by atoms with Gasteiger partial charge in [0.2, 0.25) is 0 Å². The lowest BCUT2D eigenvalue weighted by atomic mass is 10.0. The van der Waals surface area contributed by atoms with Crippen molar-refractivity contribution in [2.45, 2.75) is 123 Å². The van der Waals surface area contributed by atoms with E-state index in [0.29, 0.717) is 23.8 Å². The van der Waals surface area contributed by atoms with Gasteiger partial charge in [0.1, 0.15) is 11.5 Å². The van der Waals surface area contributed by atoms with Crippen LogP contribution in [0.15, 0.2) is 48.5 Å². The van der Waals surface area contributed by atoms with Gasteiger partial charge < -0.3 is 18.9 Å². The van der Waals surface area contributed by atoms with Crippen molar-refractivity contribution in [3.63, 3.8) is 0 Å². The Bertz CT molecular complexity index is 963. The van der Waals surface area contributed by atoms with Gasteiger partial charge in [-0.1, -0.05) is 116 Å². The van der Waals surface area contributed by atoms with Crippen LogP contribution in [-0.2, 0) is 9.47 Å². The number of carbonyl (C=O) groups excluding carboxylic acids is 1. The molecule has 234 valence electrons. The van der Waals surface area contributed by atoms with Crippen LogP contribution in [0.5, 0.6) is 11.5 Å². The van der Waals surface area contributed by atoms with Gasteiger partial charge in [-0.05, 0) is 55.2 Å². The predicted octanol–water partition coefficient (Wildman–Crippen LogP) is 10.5. The summed E-state index contributed by atoms with van der Waals surface area (Å²) in [5.41, 5.74) is 1.44. The molecule has 0 radical (unpaired) electrons. The van der Waals surface area contributed by atoms with Crippen molar-refractivity contribution in [2.24, 2.45) is 11.8 Å². The second kappa shape index (κ2) is 20.5. The molecule has 1 aliphatic heterocycles. The summed E-state index contributed by atoms with van der Waals surface area (Å²) in [4.78, 5) is 12.6. The van der Waals surface area contributed by atoms with Crippen molar-refractivity contribution in [3.8, 4) is 11.5 Å². The highest BCUT2D eigenvalue weighted by Gasteiger charge is 2.23. The minimum Gasteiger partial charge on any atom is -0.494 e. The minimum atomic E-state index is -0.385. The van der Waals surface area contributed by atoms with Gasteiger partial charge in [0.05, 0.1) is 25.4 Å². The van der Waals surface area contributed by atoms with Gasteiger partial charge in [0.15, 0.2) is 6.29 Å². The predicted molar refractivity (Wildman–Crippen MR) is 171 cm³/mol. The lowest BCUT2D eigenvalue weighted by Crippen LogP contribution is -2.27. The van der Waals surface area contributed by atoms with E-state index in [0.717, 1.165) is 36.9 Å². The molecule has 2 aromatic carbocycles. The number of unbranched alkanes of at least 4 members (excludes halogenated alkanes) is 10. The first kappa shape index (κ1) is 34.1. The molecule has 5 heteroatoms. The fraction of sp³-hybridized carbons (Fsp3) is 0.649. The molecule has 0 unspecified atom stereocenters. The molecular formula is C37H56O5. The highest BCUT2D eigenvalue weighted by atomic mass is 16.7. The average molecular weight is 581 g/mol. The summed E-state index contributed by atoms with van der Waals surface area (Å²) in [7, 11) is 0. The van der Waals surface area contributed by atoms with Crippen LogP contribution in [0.2, 0.25) is 0 Å². The number of hydrogen-bond acceptors (Lipinski definition) is 5. The van der Waals surface area contributed by atoms with Crippen molar-refractivity contribution < 1.29 is 23.7 Å². The molecule has 0 saturated carbocycles. The van der Waals surface area contributed by atoms with Crippen LogP contribution < -0.4 is 9.47 Å². The second-order valence-corrected chi connectivity index (χ2v) is 12.2. The third-order valence-corrected chi connectivity index (χ3v) is 8.44. The molecule has 1 atom stereocenters. The van der Waals surface area contributed by atoms with E-state index in [4.69, 9.17) is 18.9 Å². The summed E-state index contributed by atoms with van der Waals surface area (Å²) in [6, 6.07) is 14.6. The van der Waals surface area contributed by atoms with Crippen LogP contribution in [0, 0.1) is 11.8 Å². The van der Waals surface area contributed by atoms with E-state index < -0.39 is 0 Å². The lowest BCUT2D eigenvalue weighted by molar-refractivity contribution is -0.206. The van der Waals surface area contributed by atoms with E-state index in [1.54, 1.807) is 24.3 Å². The highest BCUT2D eigenvalue weighted by molar-refractivity contribution is 5.91. The number of hydrogen-bond donors (Lipinski definition) is 0. The van der Waals surface area contributed by atoms with Crippen molar-refractivity contribution in [1.29, 1.82) is 0 Å². The normalized spacial score (nSPS) is 17.6. The van der Waals surface area contributed by atoms with E-state index in [9.17, 15) is 4.79 Å². The summed E-state index contributed by atoms with van der Waals surface area (Å²) in [6.07, 6.45) is 19.0. The smallest absolute Gasteiger partial charge is 0.343 e. The third-order valence-electron chi connectivity index (χ3n) is 8.44. The van der Waals surface area contributed by atoms with Gasteiger partial charge in [-0.3, -0.25) is 0 Å². The first-order valence-corrected chi connectivity index (χ1v) is 16.9. The average Bonchev–Trinajstić information content (AvgIpc) is 3.02. The maximum atomic E-state index is 12.6. The van der Waals surface area contributed by atoms with Crippen molar-refractivity contribution in [3.05, 3.63) is 59.7 Å². The van der Waals surface area contributed by atoms with Gasteiger partial charge in [0, 0.05) is 11.5 Å². The Morgan fingerprint density at radius 2 is 1.36 bits per heavy atom. The van der Waals surface area contributed by atoms with Crippen LogP contribution in [-0.4, -0.2) is 25.8 Å². The molecule has 1 aliphatic rings. The zero-order valence-electron chi connectivity index (χ0n) is 26.6. The Labute approximate surface area is 255 Å². The summed E-state index contributed by atoms with van der Waals surface area (Å²) < 4.78 is 23.5. The van der Waals surface area contributed by atoms with E-state index in [-0.39, 0.29) is 12.3 Å². The van der Waals surface area contributed by atoms with E-state index in [2.05, 4.69) is 20.8 Å². The van der Waals surface area contributed by atoms with Gasteiger partial charge in [0.25, 0.3) is 0 Å². The molecule has 0 bridgehead atoms. The van der Waals surface area contributed by atoms with Crippen LogP contribution in [0.4, 0.5) is 0 Å². The first-order valence-electron chi connectivity index (χ1n) is 16.9. The van der Waals surface area contributed by atoms with Gasteiger partial charge in [-0.2, -0.15) is 0 Å². The fourth-order valence-corrected chi connectivity index (χ4v) is 5.36. The van der Waals surface area contributed by atoms with Crippen molar-refractivity contribution >= 4 is 5.97 Å². The number of rotatable bonds is 21. The standard InChI is InChI=1S/C37H56O5/c1-4-6-7-8-9-10-11-12-15-18-31-28-40-37(41-29-31)33-21-25-35(26-22-33)42-36(38)32-19-23-34(24-20-32)39-27-16-13-14-17-30(3)5-2/h19-26,30-31,37H,4-18,27-29H2,1-3H3/t30-,31-,37-/m0/s1. The quantitative estimate of drug-likeness (QED) is 0.0835. The number of ether oxygens (including phenoxy) is 4. The molecule has 0 N–H and O–H groups in total. The third kappa shape index (κ3) is 13.3. The molecule has 3 rings (SSSR count). The zero-order chi connectivity index (χ0) is 29.8. The minimum absolute atomic E-state index is 0.360. The molecule has 5 nitrogen and oxygen atoms in total. The monoisotopic (exact) mass is 580 g/mol. The largest absolute Gasteiger partial charge is 0.494 e. The molecule has 0 spiro atoms. The fourth-order valence-electron chi connectivity index (χ4n) is 5.36. The molecule has 42 heavy (non-hydrogen) atoms. The molecule has 0 aliphatic carbocycles. The molecule has 1 fully saturated rings. The van der Waals surface area contributed by atoms with E-state index in [1.165, 1.54) is 89.9 Å². The van der Waals surface area contributed by atoms with Crippen LogP contribution in [0.1, 0.15) is 139 Å². The molecular weight excluding hydrogens is 524 g/mol. The summed E-state index contributed by atoms with van der Waals surface area (Å²) in [5.74, 6) is 2.18. The van der Waals surface area contributed by atoms with Crippen LogP contribution >= 0.6 is 0 Å². The maximum Gasteiger partial charge on any atom is 0.343 e. The molecule has 0 aromatic heterocycles. The SMILES string of the molecule is CCCCCCCCCCC[C@H]1CO[C@H](c2ccc(OC(=O)c3ccc(OCCCCC[C@@H](C)CC)cc3)cc2)OC1. The Kier molecular flexibility index (Phi) is 16.7. The number of benzene rings is 2. The Hall–Kier alpha value is -2.37. The summed E-state index contributed by atoms with van der Waals surface area (Å²) in [5, 5.41) is 0. The lowest BCUT2D eigenvalue weighted by Gasteiger charge is -2.29. The zero-order valence-corrected chi connectivity index (χ0v) is 26.6. The van der Waals surface area contributed by atoms with E-state index >= 15 is 0 Å². The summed E-state index contributed by atoms with van der Waals surface area (Å²) >= 11 is 0. The Balaban J connectivity index is 1.29. The number of carbonyl (C=O) groups is 1. The number of esters is 1. The molecule has 1 saturated heterocycles. The molecule has 2 aromatic rings. The van der Waals surface area contributed by atoms with Crippen LogP contribution in [0.3, 0.4) is 0 Å². The Morgan fingerprint density at radius 1 is 0.762 bits per heavy atom. The molecule has 1 heterocycles. The van der Waals surface area contributed by atoms with E-state index in [1.807, 2.05) is 24.3 Å². The second-order valence-electron chi connectivity index (χ2n) is 12.2. The van der Waals surface area contributed by atoms with Crippen molar-refractivity contribution in [2.75, 3.05) is 19.8 Å². The molecule has 0 amide bonds. The maximum absolute atomic E-state index is 12.6. The Morgan fingerprint density at radius 3 is 2.00 bits per heavy atom. The van der Waals surface area contributed by atoms with Crippen molar-refractivity contribution in [1.82, 2.24) is 0 Å². The summed E-state index contributed by atoms with van der Waals surface area (Å²) in [6.45, 7) is 8.99. The van der Waals surface area contributed by atoms with Gasteiger partial charge >= 0.3 is 5.97 Å². The highest BCUT2D eigenvalue weighted by Crippen LogP contribution is 2.29. The van der Waals surface area contributed by atoms with Gasteiger partial charge in [-0.25, -0.2) is 4.79 Å². The first-order chi connectivity index (χ1) is 20.6. The van der Waals surface area contributed by atoms with Gasteiger partial charge in [-0.15, -0.1) is 0 Å². The topological polar surface area (TPSA) is 54.0 Å². The van der Waals surface area contributed by atoms with Crippen LogP contribution in [0.25, 0.3) is 0 Å².